The quantitative estimate of drug-likeness (QED) is 0.679. The standard InChI is InChI=1S/C21H20F3N3O2/c1-20(2,19(29)27(3)14-7-5-4-6-8-14)26-13-9-10-15-16(21(22,23)24)12-18(28)25-17(15)11-13/h4-12,26H,1-3H3,(H,25,28). The molecule has 0 bridgehead atoms. The zero-order chi connectivity index (χ0) is 21.4. The molecule has 0 unspecified atom stereocenters. The molecule has 1 aromatic heterocycles. The Morgan fingerprint density at radius 1 is 1.03 bits per heavy atom. The van der Waals surface area contributed by atoms with Crippen molar-refractivity contribution in [2.75, 3.05) is 17.3 Å². The third-order valence-electron chi connectivity index (χ3n) is 4.59. The number of amides is 1. The van der Waals surface area contributed by atoms with Crippen molar-refractivity contribution in [1.29, 1.82) is 0 Å². The highest BCUT2D eigenvalue weighted by Gasteiger charge is 2.34. The van der Waals surface area contributed by atoms with Gasteiger partial charge < -0.3 is 15.2 Å². The molecule has 0 atom stereocenters. The molecule has 8 heteroatoms. The minimum absolute atomic E-state index is 0.0366. The van der Waals surface area contributed by atoms with Crippen LogP contribution in [0.25, 0.3) is 10.9 Å². The summed E-state index contributed by atoms with van der Waals surface area (Å²) in [7, 11) is 1.65. The first-order valence-electron chi connectivity index (χ1n) is 8.85. The van der Waals surface area contributed by atoms with Gasteiger partial charge in [0.2, 0.25) is 5.56 Å². The van der Waals surface area contributed by atoms with Crippen molar-refractivity contribution in [3.05, 3.63) is 70.5 Å². The molecule has 0 fully saturated rings. The molecule has 5 nitrogen and oxygen atoms in total. The molecular formula is C21H20F3N3O2. The maximum Gasteiger partial charge on any atom is 0.417 e. The van der Waals surface area contributed by atoms with E-state index in [2.05, 4.69) is 10.3 Å². The first-order chi connectivity index (χ1) is 13.5. The van der Waals surface area contributed by atoms with Crippen molar-refractivity contribution in [2.24, 2.45) is 0 Å². The van der Waals surface area contributed by atoms with Crippen molar-refractivity contribution in [3.63, 3.8) is 0 Å². The summed E-state index contributed by atoms with van der Waals surface area (Å²) >= 11 is 0. The number of aromatic nitrogens is 1. The molecule has 0 aliphatic carbocycles. The van der Waals surface area contributed by atoms with E-state index in [0.717, 1.165) is 0 Å². The summed E-state index contributed by atoms with van der Waals surface area (Å²) in [6.07, 6.45) is -4.64. The molecular weight excluding hydrogens is 383 g/mol. The van der Waals surface area contributed by atoms with Gasteiger partial charge in [-0.05, 0) is 38.1 Å². The molecule has 0 aliphatic heterocycles. The Balaban J connectivity index is 1.93. The lowest BCUT2D eigenvalue weighted by molar-refractivity contribution is -0.136. The third kappa shape index (κ3) is 4.26. The lowest BCUT2D eigenvalue weighted by Crippen LogP contribution is -2.48. The van der Waals surface area contributed by atoms with E-state index in [9.17, 15) is 22.8 Å². The van der Waals surface area contributed by atoms with Gasteiger partial charge in [-0.25, -0.2) is 0 Å². The van der Waals surface area contributed by atoms with Crippen LogP contribution >= 0.6 is 0 Å². The van der Waals surface area contributed by atoms with Gasteiger partial charge in [-0.2, -0.15) is 13.2 Å². The number of H-pyrrole nitrogens is 1. The van der Waals surface area contributed by atoms with E-state index in [1.807, 2.05) is 18.2 Å². The molecule has 0 saturated carbocycles. The van der Waals surface area contributed by atoms with Crippen LogP contribution in [0.5, 0.6) is 0 Å². The number of para-hydroxylation sites is 1. The topological polar surface area (TPSA) is 65.2 Å². The fraction of sp³-hybridized carbons (Fsp3) is 0.238. The Labute approximate surface area is 165 Å². The van der Waals surface area contributed by atoms with Gasteiger partial charge in [-0.1, -0.05) is 24.3 Å². The summed E-state index contributed by atoms with van der Waals surface area (Å²) in [4.78, 5) is 28.5. The zero-order valence-corrected chi connectivity index (χ0v) is 16.1. The van der Waals surface area contributed by atoms with E-state index in [-0.39, 0.29) is 16.8 Å². The molecule has 1 amide bonds. The van der Waals surface area contributed by atoms with Gasteiger partial charge in [0.25, 0.3) is 5.91 Å². The maximum absolute atomic E-state index is 13.2. The summed E-state index contributed by atoms with van der Waals surface area (Å²) in [6.45, 7) is 3.35. The van der Waals surface area contributed by atoms with E-state index in [0.29, 0.717) is 17.4 Å². The smallest absolute Gasteiger partial charge is 0.372 e. The maximum atomic E-state index is 13.2. The van der Waals surface area contributed by atoms with Gasteiger partial charge in [0.05, 0.1) is 11.1 Å². The number of likely N-dealkylation sites (N-methyl/N-ethyl adjacent to an activating group) is 1. The second-order valence-corrected chi connectivity index (χ2v) is 7.26. The van der Waals surface area contributed by atoms with Gasteiger partial charge in [0.15, 0.2) is 0 Å². The van der Waals surface area contributed by atoms with E-state index in [1.54, 1.807) is 33.0 Å². The van der Waals surface area contributed by atoms with E-state index in [1.165, 1.54) is 23.1 Å². The molecule has 2 N–H and O–H groups in total. The number of nitrogens with one attached hydrogen (secondary N) is 2. The molecule has 3 aromatic rings. The van der Waals surface area contributed by atoms with Crippen LogP contribution in [0, 0.1) is 0 Å². The third-order valence-corrected chi connectivity index (χ3v) is 4.59. The van der Waals surface area contributed by atoms with Crippen LogP contribution in [0.2, 0.25) is 0 Å². The molecule has 0 aliphatic rings. The minimum atomic E-state index is -4.64. The van der Waals surface area contributed by atoms with Gasteiger partial charge in [0.1, 0.15) is 5.54 Å². The molecule has 0 saturated heterocycles. The summed E-state index contributed by atoms with van der Waals surface area (Å²) in [5.41, 5.74) is -1.74. The normalized spacial score (nSPS) is 12.1. The molecule has 0 radical (unpaired) electrons. The predicted octanol–water partition coefficient (Wildman–Crippen LogP) is 4.40. The van der Waals surface area contributed by atoms with Crippen molar-refractivity contribution >= 4 is 28.2 Å². The highest BCUT2D eigenvalue weighted by molar-refractivity contribution is 6.01. The van der Waals surface area contributed by atoms with Crippen molar-refractivity contribution in [3.8, 4) is 0 Å². The summed E-state index contributed by atoms with van der Waals surface area (Å²) in [5, 5.41) is 2.93. The second-order valence-electron chi connectivity index (χ2n) is 7.26. The van der Waals surface area contributed by atoms with Crippen molar-refractivity contribution in [1.82, 2.24) is 4.98 Å². The number of fused-ring (bicyclic) bond motifs is 1. The number of aromatic amines is 1. The van der Waals surface area contributed by atoms with Gasteiger partial charge in [-0.15, -0.1) is 0 Å². The SMILES string of the molecule is CN(C(=O)C(C)(C)Nc1ccc2c(C(F)(F)F)cc(=O)[nH]c2c1)c1ccccc1. The van der Waals surface area contributed by atoms with Crippen LogP contribution in [0.3, 0.4) is 0 Å². The molecule has 3 rings (SSSR count). The monoisotopic (exact) mass is 403 g/mol. The number of carbonyl (C=O) groups is 1. The van der Waals surface area contributed by atoms with Crippen LogP contribution in [0.15, 0.2) is 59.4 Å². The number of carbonyl (C=O) groups excluding carboxylic acids is 1. The number of hydrogen-bond acceptors (Lipinski definition) is 3. The number of benzene rings is 2. The largest absolute Gasteiger partial charge is 0.417 e. The highest BCUT2D eigenvalue weighted by atomic mass is 19.4. The number of halogens is 3. The Morgan fingerprint density at radius 2 is 1.69 bits per heavy atom. The highest BCUT2D eigenvalue weighted by Crippen LogP contribution is 2.34. The van der Waals surface area contributed by atoms with Crippen LogP contribution in [-0.2, 0) is 11.0 Å². The molecule has 0 spiro atoms. The van der Waals surface area contributed by atoms with Crippen molar-refractivity contribution < 1.29 is 18.0 Å². The summed E-state index contributed by atoms with van der Waals surface area (Å²) < 4.78 is 39.6. The van der Waals surface area contributed by atoms with Crippen LogP contribution in [0.1, 0.15) is 19.4 Å². The van der Waals surface area contributed by atoms with Gasteiger partial charge in [0, 0.05) is 29.9 Å². The predicted molar refractivity (Wildman–Crippen MR) is 107 cm³/mol. The summed E-state index contributed by atoms with van der Waals surface area (Å²) in [6, 6.07) is 13.7. The lowest BCUT2D eigenvalue weighted by Gasteiger charge is -2.31. The van der Waals surface area contributed by atoms with Crippen molar-refractivity contribution in [2.45, 2.75) is 25.6 Å². The van der Waals surface area contributed by atoms with Gasteiger partial charge in [-0.3, -0.25) is 9.59 Å². The molecule has 152 valence electrons. The number of anilines is 2. The number of hydrogen-bond donors (Lipinski definition) is 2. The van der Waals surface area contributed by atoms with E-state index >= 15 is 0 Å². The number of pyridine rings is 1. The number of rotatable bonds is 4. The first-order valence-corrected chi connectivity index (χ1v) is 8.85. The Bertz CT molecular complexity index is 1110. The van der Waals surface area contributed by atoms with E-state index in [4.69, 9.17) is 0 Å². The average Bonchev–Trinajstić information content (AvgIpc) is 2.65. The fourth-order valence-electron chi connectivity index (χ4n) is 3.17. The number of alkyl halides is 3. The van der Waals surface area contributed by atoms with Crippen LogP contribution in [0.4, 0.5) is 24.5 Å². The van der Waals surface area contributed by atoms with Crippen LogP contribution in [-0.4, -0.2) is 23.5 Å². The van der Waals surface area contributed by atoms with Crippen LogP contribution < -0.4 is 15.8 Å². The lowest BCUT2D eigenvalue weighted by atomic mass is 10.0. The average molecular weight is 403 g/mol. The minimum Gasteiger partial charge on any atom is -0.372 e. The molecule has 2 aromatic carbocycles. The summed E-state index contributed by atoms with van der Waals surface area (Å²) in [5.74, 6) is -0.235. The fourth-order valence-corrected chi connectivity index (χ4v) is 3.17. The Morgan fingerprint density at radius 3 is 2.31 bits per heavy atom. The molecule has 1 heterocycles. The Hall–Kier alpha value is -3.29. The van der Waals surface area contributed by atoms with E-state index < -0.39 is 22.8 Å². The number of nitrogens with zero attached hydrogens (tertiary/aromatic N) is 1. The zero-order valence-electron chi connectivity index (χ0n) is 16.1. The Kier molecular flexibility index (Phi) is 5.13. The first kappa shape index (κ1) is 20.4. The second kappa shape index (κ2) is 7.27. The van der Waals surface area contributed by atoms with Gasteiger partial charge >= 0.3 is 6.18 Å². The molecule has 29 heavy (non-hydrogen) atoms.